The van der Waals surface area contributed by atoms with Crippen LogP contribution in [-0.4, -0.2) is 54.6 Å². The van der Waals surface area contributed by atoms with E-state index in [0.29, 0.717) is 36.8 Å². The molecule has 0 saturated carbocycles. The SMILES string of the molecule is O=C1NN=CCC1(Cl)NCCNCC(O)COc1ccccc1Cl. The Morgan fingerprint density at radius 1 is 1.42 bits per heavy atom. The molecule has 2 rings (SSSR count). The number of aliphatic hydroxyl groups is 1. The van der Waals surface area contributed by atoms with Crippen molar-refractivity contribution in [2.45, 2.75) is 17.5 Å². The number of rotatable bonds is 9. The zero-order chi connectivity index (χ0) is 17.4. The van der Waals surface area contributed by atoms with Crippen molar-refractivity contribution in [1.29, 1.82) is 0 Å². The number of para-hydroxylation sites is 1. The van der Waals surface area contributed by atoms with E-state index in [1.54, 1.807) is 18.3 Å². The van der Waals surface area contributed by atoms with E-state index in [9.17, 15) is 9.90 Å². The molecule has 1 aromatic carbocycles. The quantitative estimate of drug-likeness (QED) is 0.290. The van der Waals surface area contributed by atoms with Gasteiger partial charge in [-0.1, -0.05) is 35.3 Å². The summed E-state index contributed by atoms with van der Waals surface area (Å²) in [6, 6.07) is 7.08. The van der Waals surface area contributed by atoms with Crippen molar-refractivity contribution in [2.24, 2.45) is 5.10 Å². The zero-order valence-corrected chi connectivity index (χ0v) is 14.5. The summed E-state index contributed by atoms with van der Waals surface area (Å²) in [4.78, 5) is 10.5. The van der Waals surface area contributed by atoms with Gasteiger partial charge in [0.15, 0.2) is 5.00 Å². The highest BCUT2D eigenvalue weighted by molar-refractivity contribution is 6.35. The summed E-state index contributed by atoms with van der Waals surface area (Å²) in [5.41, 5.74) is 2.32. The fourth-order valence-corrected chi connectivity index (χ4v) is 2.43. The van der Waals surface area contributed by atoms with Gasteiger partial charge in [-0.2, -0.15) is 5.10 Å². The molecule has 7 nitrogen and oxygen atoms in total. The Balaban J connectivity index is 1.59. The lowest BCUT2D eigenvalue weighted by atomic mass is 10.2. The first kappa shape index (κ1) is 19.0. The van der Waals surface area contributed by atoms with Crippen LogP contribution in [0.15, 0.2) is 29.4 Å². The van der Waals surface area contributed by atoms with E-state index in [1.807, 2.05) is 12.1 Å². The number of halogens is 2. The summed E-state index contributed by atoms with van der Waals surface area (Å²) in [6.07, 6.45) is 1.18. The maximum Gasteiger partial charge on any atom is 0.276 e. The van der Waals surface area contributed by atoms with Crippen molar-refractivity contribution < 1.29 is 14.6 Å². The van der Waals surface area contributed by atoms with E-state index in [0.717, 1.165) is 0 Å². The second-order valence-electron chi connectivity index (χ2n) is 5.28. The van der Waals surface area contributed by atoms with Gasteiger partial charge in [-0.15, -0.1) is 0 Å². The van der Waals surface area contributed by atoms with Crippen molar-refractivity contribution >= 4 is 35.3 Å². The second-order valence-corrected chi connectivity index (χ2v) is 6.34. The molecule has 4 N–H and O–H groups in total. The Hall–Kier alpha value is -1.38. The number of aliphatic hydroxyl groups excluding tert-OH is 1. The molecule has 0 bridgehead atoms. The van der Waals surface area contributed by atoms with Crippen molar-refractivity contribution in [3.63, 3.8) is 0 Å². The van der Waals surface area contributed by atoms with E-state index < -0.39 is 11.1 Å². The van der Waals surface area contributed by atoms with Crippen LogP contribution in [0.25, 0.3) is 0 Å². The monoisotopic (exact) mass is 374 g/mol. The van der Waals surface area contributed by atoms with Crippen molar-refractivity contribution in [2.75, 3.05) is 26.2 Å². The number of nitrogens with one attached hydrogen (secondary N) is 3. The third-order valence-corrected chi connectivity index (χ3v) is 4.12. The van der Waals surface area contributed by atoms with Gasteiger partial charge in [-0.25, -0.2) is 5.43 Å². The number of benzene rings is 1. The minimum absolute atomic E-state index is 0.127. The van der Waals surface area contributed by atoms with Crippen LogP contribution in [-0.2, 0) is 4.79 Å². The summed E-state index contributed by atoms with van der Waals surface area (Å²) in [6.45, 7) is 1.46. The number of hydrogen-bond donors (Lipinski definition) is 4. The molecule has 0 fully saturated rings. The topological polar surface area (TPSA) is 95.0 Å². The lowest BCUT2D eigenvalue weighted by Gasteiger charge is -2.27. The Kier molecular flexibility index (Phi) is 7.26. The molecule has 132 valence electrons. The van der Waals surface area contributed by atoms with Gasteiger partial charge in [-0.3, -0.25) is 10.1 Å². The molecule has 1 amide bonds. The third-order valence-electron chi connectivity index (χ3n) is 3.34. The van der Waals surface area contributed by atoms with Gasteiger partial charge in [0.2, 0.25) is 0 Å². The van der Waals surface area contributed by atoms with E-state index in [4.69, 9.17) is 27.9 Å². The first-order valence-electron chi connectivity index (χ1n) is 7.53. The molecular weight excluding hydrogens is 355 g/mol. The molecule has 1 aliphatic rings. The molecule has 0 aliphatic carbocycles. The maximum absolute atomic E-state index is 11.6. The summed E-state index contributed by atoms with van der Waals surface area (Å²) < 4.78 is 5.45. The van der Waals surface area contributed by atoms with Crippen molar-refractivity contribution in [3.05, 3.63) is 29.3 Å². The first-order chi connectivity index (χ1) is 11.5. The fraction of sp³-hybridized carbons (Fsp3) is 0.467. The molecule has 9 heteroatoms. The van der Waals surface area contributed by atoms with Crippen molar-refractivity contribution in [1.82, 2.24) is 16.1 Å². The number of nitrogens with zero attached hydrogens (tertiary/aromatic N) is 1. The van der Waals surface area contributed by atoms with E-state index >= 15 is 0 Å². The molecule has 0 radical (unpaired) electrons. The van der Waals surface area contributed by atoms with Gasteiger partial charge in [0.05, 0.1) is 5.02 Å². The highest BCUT2D eigenvalue weighted by atomic mass is 35.5. The smallest absolute Gasteiger partial charge is 0.276 e. The zero-order valence-electron chi connectivity index (χ0n) is 13.0. The summed E-state index contributed by atoms with van der Waals surface area (Å²) in [7, 11) is 0. The molecule has 1 aliphatic heterocycles. The number of amides is 1. The van der Waals surface area contributed by atoms with Crippen LogP contribution in [0.1, 0.15) is 6.42 Å². The lowest BCUT2D eigenvalue weighted by Crippen LogP contribution is -2.55. The maximum atomic E-state index is 11.6. The Morgan fingerprint density at radius 3 is 2.96 bits per heavy atom. The lowest BCUT2D eigenvalue weighted by molar-refractivity contribution is -0.124. The number of hydrogen-bond acceptors (Lipinski definition) is 6. The predicted molar refractivity (Wildman–Crippen MR) is 93.7 cm³/mol. The van der Waals surface area contributed by atoms with Crippen LogP contribution in [0.4, 0.5) is 0 Å². The molecule has 0 saturated heterocycles. The average Bonchev–Trinajstić information content (AvgIpc) is 2.57. The van der Waals surface area contributed by atoms with E-state index in [-0.39, 0.29) is 12.5 Å². The van der Waals surface area contributed by atoms with Gasteiger partial charge in [0.1, 0.15) is 18.5 Å². The molecule has 0 aromatic heterocycles. The number of ether oxygens (including phenoxy) is 1. The Labute approximate surface area is 150 Å². The highest BCUT2D eigenvalue weighted by Crippen LogP contribution is 2.23. The first-order valence-corrected chi connectivity index (χ1v) is 8.29. The van der Waals surface area contributed by atoms with Crippen LogP contribution >= 0.6 is 23.2 Å². The number of carbonyl (C=O) groups is 1. The number of hydrazone groups is 1. The number of alkyl halides is 1. The predicted octanol–water partition coefficient (Wildman–Crippen LogP) is 0.700. The van der Waals surface area contributed by atoms with Gasteiger partial charge in [0, 0.05) is 32.3 Å². The molecule has 2 unspecified atom stereocenters. The van der Waals surface area contributed by atoms with Gasteiger partial charge < -0.3 is 15.2 Å². The van der Waals surface area contributed by atoms with Crippen LogP contribution in [0.3, 0.4) is 0 Å². The standard InChI is InChI=1S/C15H20Cl2N4O3/c16-12-3-1-2-4-13(12)24-10-11(22)9-18-7-8-19-15(17)5-6-20-21-14(15)23/h1-4,6,11,18-19,22H,5,7-10H2,(H,21,23). The molecular formula is C15H20Cl2N4O3. The van der Waals surface area contributed by atoms with E-state index in [2.05, 4.69) is 21.2 Å². The summed E-state index contributed by atoms with van der Waals surface area (Å²) >= 11 is 12.1. The van der Waals surface area contributed by atoms with E-state index in [1.165, 1.54) is 0 Å². The number of carbonyl (C=O) groups excluding carboxylic acids is 1. The van der Waals surface area contributed by atoms with Gasteiger partial charge in [0.25, 0.3) is 5.91 Å². The minimum atomic E-state index is -1.17. The summed E-state index contributed by atoms with van der Waals surface area (Å²) in [5.74, 6) is 0.161. The van der Waals surface area contributed by atoms with Gasteiger partial charge in [-0.05, 0) is 12.1 Å². The molecule has 1 heterocycles. The Morgan fingerprint density at radius 2 is 2.21 bits per heavy atom. The average molecular weight is 375 g/mol. The normalized spacial score (nSPS) is 21.4. The van der Waals surface area contributed by atoms with Crippen molar-refractivity contribution in [3.8, 4) is 5.75 Å². The largest absolute Gasteiger partial charge is 0.489 e. The van der Waals surface area contributed by atoms with Crippen LogP contribution in [0.2, 0.25) is 5.02 Å². The second kappa shape index (κ2) is 9.19. The van der Waals surface area contributed by atoms with Gasteiger partial charge >= 0.3 is 0 Å². The Bertz CT molecular complexity index is 588. The highest BCUT2D eigenvalue weighted by Gasteiger charge is 2.36. The molecule has 1 aromatic rings. The molecule has 0 spiro atoms. The third kappa shape index (κ3) is 5.61. The van der Waals surface area contributed by atoms with Crippen LogP contribution < -0.4 is 20.8 Å². The molecule has 2 atom stereocenters. The molecule has 24 heavy (non-hydrogen) atoms. The fourth-order valence-electron chi connectivity index (χ4n) is 2.03. The van der Waals surface area contributed by atoms with Crippen LogP contribution in [0.5, 0.6) is 5.75 Å². The minimum Gasteiger partial charge on any atom is -0.489 e. The summed E-state index contributed by atoms with van der Waals surface area (Å²) in [5, 5.41) is 20.1. The van der Waals surface area contributed by atoms with Crippen LogP contribution in [0, 0.1) is 0 Å².